The minimum Gasteiger partial charge on any atom is -0.378 e. The number of aryl methyl sites for hydroxylation is 1. The lowest BCUT2D eigenvalue weighted by atomic mass is 10.1. The van der Waals surface area contributed by atoms with Crippen LogP contribution in [-0.2, 0) is 11.3 Å². The lowest BCUT2D eigenvalue weighted by molar-refractivity contribution is 0.102. The molecule has 0 radical (unpaired) electrons. The van der Waals surface area contributed by atoms with E-state index in [1.54, 1.807) is 30.5 Å². The fourth-order valence-electron chi connectivity index (χ4n) is 4.11. The predicted molar refractivity (Wildman–Crippen MR) is 146 cm³/mol. The third-order valence-electron chi connectivity index (χ3n) is 6.20. The molecule has 3 heterocycles. The molecule has 0 spiro atoms. The first-order chi connectivity index (χ1) is 17.9. The number of benzene rings is 1. The molecule has 9 nitrogen and oxygen atoms in total. The van der Waals surface area contributed by atoms with Gasteiger partial charge in [-0.3, -0.25) is 4.79 Å². The number of nitrogens with one attached hydrogen (secondary N) is 3. The van der Waals surface area contributed by atoms with Gasteiger partial charge in [-0.2, -0.15) is 4.98 Å². The predicted octanol–water partition coefficient (Wildman–Crippen LogP) is 4.82. The third-order valence-corrected chi connectivity index (χ3v) is 6.79. The Labute approximate surface area is 225 Å². The molecule has 0 atom stereocenters. The zero-order valence-corrected chi connectivity index (χ0v) is 22.1. The number of hydrogen-bond acceptors (Lipinski definition) is 8. The monoisotopic (exact) mass is 541 g/mol. The minimum atomic E-state index is -0.392. The van der Waals surface area contributed by atoms with Crippen LogP contribution in [0.2, 0.25) is 10.0 Å². The van der Waals surface area contributed by atoms with Crippen LogP contribution >= 0.6 is 23.2 Å². The van der Waals surface area contributed by atoms with E-state index in [-0.39, 0.29) is 5.56 Å². The maximum absolute atomic E-state index is 13.0. The summed E-state index contributed by atoms with van der Waals surface area (Å²) in [6, 6.07) is 8.83. The number of rotatable bonds is 9. The van der Waals surface area contributed by atoms with E-state index in [2.05, 4.69) is 35.8 Å². The molecule has 5 rings (SSSR count). The van der Waals surface area contributed by atoms with Gasteiger partial charge in [0, 0.05) is 49.3 Å². The average Bonchev–Trinajstić information content (AvgIpc) is 3.68. The largest absolute Gasteiger partial charge is 0.378 e. The number of amides is 1. The smallest absolute Gasteiger partial charge is 0.258 e. The number of hydrogen-bond donors (Lipinski definition) is 3. The number of anilines is 4. The van der Waals surface area contributed by atoms with Gasteiger partial charge in [0.05, 0.1) is 28.8 Å². The topological polar surface area (TPSA) is 104 Å². The molecule has 1 amide bonds. The first kappa shape index (κ1) is 25.7. The first-order valence-corrected chi connectivity index (χ1v) is 13.1. The normalized spacial score (nSPS) is 15.5. The van der Waals surface area contributed by atoms with Crippen molar-refractivity contribution in [2.24, 2.45) is 5.92 Å². The second-order valence-electron chi connectivity index (χ2n) is 9.31. The van der Waals surface area contributed by atoms with Gasteiger partial charge in [-0.15, -0.1) is 0 Å². The summed E-state index contributed by atoms with van der Waals surface area (Å²) < 4.78 is 5.42. The fraction of sp³-hybridized carbons (Fsp3) is 0.385. The van der Waals surface area contributed by atoms with Gasteiger partial charge in [-0.1, -0.05) is 23.2 Å². The molecule has 0 unspecified atom stereocenters. The molecule has 194 valence electrons. The van der Waals surface area contributed by atoms with Gasteiger partial charge in [0.1, 0.15) is 11.6 Å². The summed E-state index contributed by atoms with van der Waals surface area (Å²) in [4.78, 5) is 28.7. The quantitative estimate of drug-likeness (QED) is 0.354. The molecule has 1 aliphatic carbocycles. The number of carbonyl (C=O) groups is 1. The first-order valence-electron chi connectivity index (χ1n) is 12.4. The van der Waals surface area contributed by atoms with Crippen molar-refractivity contribution >= 4 is 52.4 Å². The SMILES string of the molecule is Cc1cc(Nc2cc(NC(=O)c3c(Cl)cc(CNCC4CC4)cc3Cl)ccn2)nc(N2CCOCC2)n1. The molecule has 1 aliphatic heterocycles. The van der Waals surface area contributed by atoms with Crippen molar-refractivity contribution in [1.82, 2.24) is 20.3 Å². The molecule has 1 aromatic carbocycles. The van der Waals surface area contributed by atoms with Crippen LogP contribution in [0.3, 0.4) is 0 Å². The van der Waals surface area contributed by atoms with Crippen molar-refractivity contribution in [1.29, 1.82) is 0 Å². The van der Waals surface area contributed by atoms with Crippen LogP contribution in [0, 0.1) is 12.8 Å². The number of pyridine rings is 1. The van der Waals surface area contributed by atoms with Crippen LogP contribution in [-0.4, -0.2) is 53.7 Å². The van der Waals surface area contributed by atoms with Gasteiger partial charge in [0.15, 0.2) is 0 Å². The van der Waals surface area contributed by atoms with E-state index in [1.807, 2.05) is 13.0 Å². The summed E-state index contributed by atoms with van der Waals surface area (Å²) in [6.07, 6.45) is 4.18. The molecule has 2 aliphatic rings. The van der Waals surface area contributed by atoms with Crippen molar-refractivity contribution in [2.75, 3.05) is 48.4 Å². The standard InChI is InChI=1S/C26H29Cl2N7O2/c1-16-10-23(34-26(31-16)35-6-8-37-9-7-35)33-22-13-19(4-5-30-22)32-25(36)24-20(27)11-18(12-21(24)28)15-29-14-17-2-3-17/h4-5,10-13,17,29H,2-3,6-9,14-15H2,1H3,(H2,30,31,32,33,34,36). The zero-order chi connectivity index (χ0) is 25.8. The van der Waals surface area contributed by atoms with E-state index in [1.165, 1.54) is 12.8 Å². The minimum absolute atomic E-state index is 0.238. The molecule has 0 bridgehead atoms. The highest BCUT2D eigenvalue weighted by molar-refractivity contribution is 6.40. The molecule has 11 heteroatoms. The van der Waals surface area contributed by atoms with Gasteiger partial charge < -0.3 is 25.6 Å². The Morgan fingerprint density at radius 2 is 1.84 bits per heavy atom. The summed E-state index contributed by atoms with van der Waals surface area (Å²) in [5, 5.41) is 10.1. The maximum atomic E-state index is 13.0. The highest BCUT2D eigenvalue weighted by Crippen LogP contribution is 2.30. The van der Waals surface area contributed by atoms with Crippen molar-refractivity contribution < 1.29 is 9.53 Å². The lowest BCUT2D eigenvalue weighted by Crippen LogP contribution is -2.37. The van der Waals surface area contributed by atoms with Crippen LogP contribution < -0.4 is 20.9 Å². The molecule has 37 heavy (non-hydrogen) atoms. The average molecular weight is 542 g/mol. The van der Waals surface area contributed by atoms with E-state index >= 15 is 0 Å². The highest BCUT2D eigenvalue weighted by Gasteiger charge is 2.21. The number of morpholine rings is 1. The summed E-state index contributed by atoms with van der Waals surface area (Å²) in [7, 11) is 0. The van der Waals surface area contributed by atoms with Gasteiger partial charge in [0.2, 0.25) is 5.95 Å². The van der Waals surface area contributed by atoms with E-state index in [9.17, 15) is 4.79 Å². The van der Waals surface area contributed by atoms with Gasteiger partial charge in [-0.25, -0.2) is 9.97 Å². The Bertz CT molecular complexity index is 1260. The molecule has 1 saturated heterocycles. The summed E-state index contributed by atoms with van der Waals surface area (Å²) in [5.74, 6) is 2.17. The highest BCUT2D eigenvalue weighted by atomic mass is 35.5. The second-order valence-corrected chi connectivity index (χ2v) is 10.1. The maximum Gasteiger partial charge on any atom is 0.258 e. The summed E-state index contributed by atoms with van der Waals surface area (Å²) in [6.45, 7) is 6.35. The van der Waals surface area contributed by atoms with Gasteiger partial charge >= 0.3 is 0 Å². The molecule has 3 aromatic rings. The van der Waals surface area contributed by atoms with Gasteiger partial charge in [0.25, 0.3) is 5.91 Å². The van der Waals surface area contributed by atoms with Crippen LogP contribution in [0.25, 0.3) is 0 Å². The lowest BCUT2D eigenvalue weighted by Gasteiger charge is -2.27. The van der Waals surface area contributed by atoms with Gasteiger partial charge in [-0.05, 0) is 56.0 Å². The van der Waals surface area contributed by atoms with Crippen molar-refractivity contribution in [3.05, 3.63) is 63.4 Å². The number of nitrogens with zero attached hydrogens (tertiary/aromatic N) is 4. The number of aromatic nitrogens is 3. The zero-order valence-electron chi connectivity index (χ0n) is 20.6. The molecular weight excluding hydrogens is 513 g/mol. The Hall–Kier alpha value is -2.98. The molecule has 1 saturated carbocycles. The Morgan fingerprint density at radius 1 is 1.08 bits per heavy atom. The van der Waals surface area contributed by atoms with E-state index in [4.69, 9.17) is 27.9 Å². The number of carbonyl (C=O) groups excluding carboxylic acids is 1. The molecule has 2 fully saturated rings. The van der Waals surface area contributed by atoms with Crippen LogP contribution in [0.4, 0.5) is 23.3 Å². The fourth-order valence-corrected chi connectivity index (χ4v) is 4.81. The van der Waals surface area contributed by atoms with Crippen LogP contribution in [0.1, 0.15) is 34.5 Å². The van der Waals surface area contributed by atoms with Crippen LogP contribution in [0.5, 0.6) is 0 Å². The molecule has 3 N–H and O–H groups in total. The number of ether oxygens (including phenoxy) is 1. The summed E-state index contributed by atoms with van der Waals surface area (Å²) >= 11 is 12.9. The van der Waals surface area contributed by atoms with Crippen molar-refractivity contribution in [2.45, 2.75) is 26.3 Å². The third kappa shape index (κ3) is 6.87. The van der Waals surface area contributed by atoms with Crippen molar-refractivity contribution in [3.8, 4) is 0 Å². The Balaban J connectivity index is 1.26. The number of halogens is 2. The van der Waals surface area contributed by atoms with Crippen LogP contribution in [0.15, 0.2) is 36.5 Å². The Kier molecular flexibility index (Phi) is 8.05. The van der Waals surface area contributed by atoms with Crippen molar-refractivity contribution in [3.63, 3.8) is 0 Å². The van der Waals surface area contributed by atoms with E-state index in [0.717, 1.165) is 36.8 Å². The molecule has 2 aromatic heterocycles. The summed E-state index contributed by atoms with van der Waals surface area (Å²) in [5.41, 5.74) is 2.56. The molecular formula is C26H29Cl2N7O2. The van der Waals surface area contributed by atoms with E-state index in [0.29, 0.717) is 53.1 Å². The second kappa shape index (κ2) is 11.6. The Morgan fingerprint density at radius 3 is 2.57 bits per heavy atom. The van der Waals surface area contributed by atoms with E-state index < -0.39 is 5.91 Å².